The Hall–Kier alpha value is -2.82. The first-order chi connectivity index (χ1) is 14.9. The van der Waals surface area contributed by atoms with Crippen molar-refractivity contribution in [3.05, 3.63) is 58.7 Å². The van der Waals surface area contributed by atoms with Gasteiger partial charge in [0.05, 0.1) is 0 Å². The molecule has 5 heteroatoms. The highest BCUT2D eigenvalue weighted by Gasteiger charge is 2.28. The molecule has 4 rings (SSSR count). The van der Waals surface area contributed by atoms with Crippen molar-refractivity contribution < 1.29 is 19.1 Å². The Bertz CT molecular complexity index is 955. The van der Waals surface area contributed by atoms with Crippen LogP contribution < -0.4 is 14.8 Å². The predicted molar refractivity (Wildman–Crippen MR) is 120 cm³/mol. The fraction of sp³-hybridized carbons (Fsp3) is 0.462. The van der Waals surface area contributed by atoms with Crippen LogP contribution in [0.3, 0.4) is 0 Å². The van der Waals surface area contributed by atoms with Gasteiger partial charge in [0.25, 0.3) is 5.91 Å². The minimum atomic E-state index is -0.104. The van der Waals surface area contributed by atoms with E-state index in [9.17, 15) is 9.59 Å². The molecule has 1 aliphatic heterocycles. The number of amides is 1. The third-order valence-electron chi connectivity index (χ3n) is 6.32. The van der Waals surface area contributed by atoms with Gasteiger partial charge in [0.1, 0.15) is 12.7 Å². The van der Waals surface area contributed by atoms with E-state index in [-0.39, 0.29) is 29.8 Å². The molecule has 1 N–H and O–H groups in total. The summed E-state index contributed by atoms with van der Waals surface area (Å²) in [7, 11) is 0. The molecular weight excluding hydrogens is 390 g/mol. The number of nitrogens with one attached hydrogen (secondary N) is 1. The summed E-state index contributed by atoms with van der Waals surface area (Å²) in [5, 5.41) is 3.13. The summed E-state index contributed by atoms with van der Waals surface area (Å²) in [6, 6.07) is 11.5. The number of hydrogen-bond acceptors (Lipinski definition) is 4. The van der Waals surface area contributed by atoms with Crippen molar-refractivity contribution in [1.29, 1.82) is 0 Å². The van der Waals surface area contributed by atoms with E-state index < -0.39 is 0 Å². The first kappa shape index (κ1) is 21.4. The Morgan fingerprint density at radius 3 is 2.32 bits per heavy atom. The molecule has 164 valence electrons. The van der Waals surface area contributed by atoms with Crippen molar-refractivity contribution in [2.24, 2.45) is 5.92 Å². The summed E-state index contributed by atoms with van der Waals surface area (Å²) < 4.78 is 11.6. The number of rotatable bonds is 5. The second-order valence-corrected chi connectivity index (χ2v) is 8.88. The Balaban J connectivity index is 1.33. The lowest BCUT2D eigenvalue weighted by molar-refractivity contribution is 0.0854. The highest BCUT2D eigenvalue weighted by Crippen LogP contribution is 2.33. The van der Waals surface area contributed by atoms with Crippen LogP contribution in [0.25, 0.3) is 0 Å². The molecule has 0 radical (unpaired) electrons. The van der Waals surface area contributed by atoms with Crippen LogP contribution in [0.5, 0.6) is 11.5 Å². The van der Waals surface area contributed by atoms with Gasteiger partial charge < -0.3 is 14.8 Å². The molecule has 1 atom stereocenters. The number of hydrogen-bond donors (Lipinski definition) is 1. The van der Waals surface area contributed by atoms with E-state index >= 15 is 0 Å². The normalized spacial score (nSPS) is 22.6. The molecule has 0 aromatic heterocycles. The van der Waals surface area contributed by atoms with Crippen LogP contribution >= 0.6 is 0 Å². The van der Waals surface area contributed by atoms with Crippen LogP contribution in [0.4, 0.5) is 0 Å². The lowest BCUT2D eigenvalue weighted by Gasteiger charge is -2.29. The van der Waals surface area contributed by atoms with Crippen LogP contribution in [-0.2, 0) is 0 Å². The molecule has 5 nitrogen and oxygen atoms in total. The van der Waals surface area contributed by atoms with E-state index in [1.54, 1.807) is 12.1 Å². The van der Waals surface area contributed by atoms with E-state index in [0.29, 0.717) is 23.7 Å². The van der Waals surface area contributed by atoms with Crippen LogP contribution in [-0.4, -0.2) is 30.4 Å². The second kappa shape index (κ2) is 9.13. The first-order valence-corrected chi connectivity index (χ1v) is 11.3. The van der Waals surface area contributed by atoms with Crippen molar-refractivity contribution in [3.8, 4) is 11.5 Å². The highest BCUT2D eigenvalue weighted by molar-refractivity contribution is 5.98. The van der Waals surface area contributed by atoms with Crippen molar-refractivity contribution in [2.45, 2.75) is 65.0 Å². The minimum absolute atomic E-state index is 0.0372. The van der Waals surface area contributed by atoms with Gasteiger partial charge in [0, 0.05) is 23.1 Å². The second-order valence-electron chi connectivity index (χ2n) is 8.88. The maximum atomic E-state index is 12.9. The minimum Gasteiger partial charge on any atom is -0.486 e. The molecule has 0 saturated heterocycles. The smallest absolute Gasteiger partial charge is 0.251 e. The quantitative estimate of drug-likeness (QED) is 0.688. The van der Waals surface area contributed by atoms with Gasteiger partial charge in [-0.1, -0.05) is 24.1 Å². The molecular formula is C26H31NO4. The van der Waals surface area contributed by atoms with E-state index in [1.165, 1.54) is 0 Å². The number of aryl methyl sites for hydroxylation is 2. The average molecular weight is 422 g/mol. The fourth-order valence-electron chi connectivity index (χ4n) is 4.58. The van der Waals surface area contributed by atoms with Gasteiger partial charge >= 0.3 is 0 Å². The topological polar surface area (TPSA) is 64.6 Å². The van der Waals surface area contributed by atoms with Crippen LogP contribution in [0.15, 0.2) is 36.4 Å². The Morgan fingerprint density at radius 1 is 0.935 bits per heavy atom. The zero-order chi connectivity index (χ0) is 22.0. The van der Waals surface area contributed by atoms with Gasteiger partial charge in [0.2, 0.25) is 0 Å². The third kappa shape index (κ3) is 4.92. The fourth-order valence-corrected chi connectivity index (χ4v) is 4.58. The molecule has 2 aliphatic rings. The average Bonchev–Trinajstić information content (AvgIpc) is 2.77. The van der Waals surface area contributed by atoms with E-state index in [4.69, 9.17) is 9.47 Å². The lowest BCUT2D eigenvalue weighted by atomic mass is 9.81. The zero-order valence-corrected chi connectivity index (χ0v) is 18.6. The SMILES string of the molecule is CCC1COc2cc(C(=O)NC3CCC(C(=O)c4cc(C)cc(C)c4)CC3)ccc2O1. The van der Waals surface area contributed by atoms with Crippen molar-refractivity contribution in [3.63, 3.8) is 0 Å². The van der Waals surface area contributed by atoms with E-state index in [0.717, 1.165) is 48.8 Å². The molecule has 1 unspecified atom stereocenters. The molecule has 0 bridgehead atoms. The molecule has 0 spiro atoms. The predicted octanol–water partition coefficient (Wildman–Crippen LogP) is 5.02. The number of ketones is 1. The third-order valence-corrected chi connectivity index (χ3v) is 6.32. The number of Topliss-reactive ketones (excluding diaryl/α,β-unsaturated/α-hetero) is 1. The number of fused-ring (bicyclic) bond motifs is 1. The molecule has 1 heterocycles. The molecule has 1 fully saturated rings. The molecule has 1 amide bonds. The summed E-state index contributed by atoms with van der Waals surface area (Å²) in [5.41, 5.74) is 3.63. The van der Waals surface area contributed by atoms with Crippen molar-refractivity contribution in [2.75, 3.05) is 6.61 Å². The first-order valence-electron chi connectivity index (χ1n) is 11.3. The Kier molecular flexibility index (Phi) is 6.30. The number of carbonyl (C=O) groups is 2. The summed E-state index contributed by atoms with van der Waals surface area (Å²) in [5.74, 6) is 1.48. The zero-order valence-electron chi connectivity index (χ0n) is 18.6. The largest absolute Gasteiger partial charge is 0.486 e. The highest BCUT2D eigenvalue weighted by atomic mass is 16.6. The van der Waals surface area contributed by atoms with E-state index in [2.05, 4.69) is 18.3 Å². The molecule has 31 heavy (non-hydrogen) atoms. The molecule has 1 saturated carbocycles. The summed E-state index contributed by atoms with van der Waals surface area (Å²) in [6.07, 6.45) is 4.18. The molecule has 2 aromatic rings. The van der Waals surface area contributed by atoms with Crippen LogP contribution in [0.1, 0.15) is 70.9 Å². The lowest BCUT2D eigenvalue weighted by Crippen LogP contribution is -2.38. The summed E-state index contributed by atoms with van der Waals surface area (Å²) >= 11 is 0. The van der Waals surface area contributed by atoms with Gasteiger partial charge in [-0.2, -0.15) is 0 Å². The summed E-state index contributed by atoms with van der Waals surface area (Å²) in [4.78, 5) is 25.7. The maximum Gasteiger partial charge on any atom is 0.251 e. The van der Waals surface area contributed by atoms with Gasteiger partial charge in [-0.3, -0.25) is 9.59 Å². The Labute approximate surface area is 184 Å². The number of carbonyl (C=O) groups excluding carboxylic acids is 2. The van der Waals surface area contributed by atoms with Gasteiger partial charge in [-0.25, -0.2) is 0 Å². The van der Waals surface area contributed by atoms with Gasteiger partial charge in [-0.15, -0.1) is 0 Å². The molecule has 1 aliphatic carbocycles. The van der Waals surface area contributed by atoms with E-state index in [1.807, 2.05) is 32.0 Å². The molecule has 2 aromatic carbocycles. The Morgan fingerprint density at radius 2 is 1.65 bits per heavy atom. The summed E-state index contributed by atoms with van der Waals surface area (Å²) in [6.45, 7) is 6.62. The standard InChI is InChI=1S/C26H31NO4/c1-4-22-15-30-24-14-19(7-10-23(24)31-22)26(29)27-21-8-5-18(6-9-21)25(28)20-12-16(2)11-17(3)13-20/h7,10-14,18,21-22H,4-6,8-9,15H2,1-3H3,(H,27,29). The maximum absolute atomic E-state index is 12.9. The number of ether oxygens (including phenoxy) is 2. The van der Waals surface area contributed by atoms with Crippen molar-refractivity contribution in [1.82, 2.24) is 5.32 Å². The van der Waals surface area contributed by atoms with Gasteiger partial charge in [0.15, 0.2) is 17.3 Å². The van der Waals surface area contributed by atoms with Crippen molar-refractivity contribution >= 4 is 11.7 Å². The van der Waals surface area contributed by atoms with Gasteiger partial charge in [-0.05, 0) is 76.3 Å². The van der Waals surface area contributed by atoms with Crippen LogP contribution in [0, 0.1) is 19.8 Å². The monoisotopic (exact) mass is 421 g/mol. The number of benzene rings is 2. The van der Waals surface area contributed by atoms with Crippen LogP contribution in [0.2, 0.25) is 0 Å².